The summed E-state index contributed by atoms with van der Waals surface area (Å²) < 4.78 is 0. The molecule has 1 aliphatic rings. The topological polar surface area (TPSA) is 58.4 Å². The van der Waals surface area contributed by atoms with Crippen molar-refractivity contribution in [2.75, 3.05) is 23.3 Å². The van der Waals surface area contributed by atoms with Crippen LogP contribution in [0.4, 0.5) is 11.4 Å². The van der Waals surface area contributed by atoms with Crippen LogP contribution in [-0.4, -0.2) is 19.0 Å². The van der Waals surface area contributed by atoms with E-state index in [1.807, 2.05) is 48.5 Å². The predicted octanol–water partition coefficient (Wildman–Crippen LogP) is 4.55. The maximum absolute atomic E-state index is 12.4. The minimum absolute atomic E-state index is 0. The van der Waals surface area contributed by atoms with Crippen molar-refractivity contribution in [2.24, 2.45) is 5.73 Å². The van der Waals surface area contributed by atoms with Gasteiger partial charge < -0.3 is 16.0 Å². The van der Waals surface area contributed by atoms with E-state index in [0.717, 1.165) is 30.0 Å². The van der Waals surface area contributed by atoms with Gasteiger partial charge in [-0.05, 0) is 37.0 Å². The number of halogens is 2. The molecule has 0 aliphatic carbocycles. The SMILES string of the molecule is Cl.Cl.NC(CC(=O)Nc1ccccc1N1CCCCC1)c1ccccc1. The van der Waals surface area contributed by atoms with E-state index in [9.17, 15) is 4.79 Å². The summed E-state index contributed by atoms with van der Waals surface area (Å²) in [4.78, 5) is 14.8. The first kappa shape index (κ1) is 22.3. The summed E-state index contributed by atoms with van der Waals surface area (Å²) in [6, 6.07) is 17.5. The minimum atomic E-state index is -0.284. The van der Waals surface area contributed by atoms with E-state index in [4.69, 9.17) is 5.73 Å². The lowest BCUT2D eigenvalue weighted by molar-refractivity contribution is -0.116. The van der Waals surface area contributed by atoms with Gasteiger partial charge in [0.2, 0.25) is 5.91 Å². The number of nitrogens with one attached hydrogen (secondary N) is 1. The molecule has 142 valence electrons. The molecule has 1 atom stereocenters. The molecule has 4 nitrogen and oxygen atoms in total. The third-order valence-electron chi connectivity index (χ3n) is 4.51. The number of benzene rings is 2. The van der Waals surface area contributed by atoms with Gasteiger partial charge in [0.1, 0.15) is 0 Å². The van der Waals surface area contributed by atoms with Crippen LogP contribution < -0.4 is 16.0 Å². The number of amides is 1. The molecule has 1 unspecified atom stereocenters. The summed E-state index contributed by atoms with van der Waals surface area (Å²) in [5.41, 5.74) is 9.13. The van der Waals surface area contributed by atoms with Gasteiger partial charge in [0.25, 0.3) is 0 Å². The van der Waals surface area contributed by atoms with Gasteiger partial charge in [0, 0.05) is 25.6 Å². The fourth-order valence-corrected chi connectivity index (χ4v) is 3.21. The van der Waals surface area contributed by atoms with Gasteiger partial charge in [0.05, 0.1) is 11.4 Å². The highest BCUT2D eigenvalue weighted by Gasteiger charge is 2.17. The zero-order valence-corrected chi connectivity index (χ0v) is 16.4. The summed E-state index contributed by atoms with van der Waals surface area (Å²) in [7, 11) is 0. The Hall–Kier alpha value is -1.75. The predicted molar refractivity (Wildman–Crippen MR) is 114 cm³/mol. The number of piperidine rings is 1. The van der Waals surface area contributed by atoms with Gasteiger partial charge in [-0.1, -0.05) is 42.5 Å². The largest absolute Gasteiger partial charge is 0.370 e. The molecule has 0 spiro atoms. The zero-order valence-electron chi connectivity index (χ0n) is 14.8. The fourth-order valence-electron chi connectivity index (χ4n) is 3.21. The van der Waals surface area contributed by atoms with Crippen LogP contribution in [0.25, 0.3) is 0 Å². The van der Waals surface area contributed by atoms with Gasteiger partial charge in [-0.3, -0.25) is 4.79 Å². The second-order valence-corrected chi connectivity index (χ2v) is 6.33. The van der Waals surface area contributed by atoms with E-state index >= 15 is 0 Å². The van der Waals surface area contributed by atoms with Gasteiger partial charge in [-0.2, -0.15) is 0 Å². The fraction of sp³-hybridized carbons (Fsp3) is 0.350. The number of nitrogens with zero attached hydrogens (tertiary/aromatic N) is 1. The molecule has 0 radical (unpaired) electrons. The molecule has 1 amide bonds. The Morgan fingerprint density at radius 3 is 2.27 bits per heavy atom. The third kappa shape index (κ3) is 5.90. The van der Waals surface area contributed by atoms with Crippen molar-refractivity contribution in [1.29, 1.82) is 0 Å². The quantitative estimate of drug-likeness (QED) is 0.780. The smallest absolute Gasteiger partial charge is 0.226 e. The van der Waals surface area contributed by atoms with E-state index in [0.29, 0.717) is 0 Å². The first-order chi connectivity index (χ1) is 11.7. The van der Waals surface area contributed by atoms with Gasteiger partial charge in [-0.25, -0.2) is 0 Å². The van der Waals surface area contributed by atoms with Crippen LogP contribution in [0.3, 0.4) is 0 Å². The molecule has 0 saturated carbocycles. The molecule has 1 aliphatic heterocycles. The molecule has 1 heterocycles. The number of nitrogens with two attached hydrogens (primary N) is 1. The van der Waals surface area contributed by atoms with E-state index < -0.39 is 0 Å². The maximum atomic E-state index is 12.4. The van der Waals surface area contributed by atoms with Crippen molar-refractivity contribution >= 4 is 42.1 Å². The van der Waals surface area contributed by atoms with Crippen LogP contribution in [-0.2, 0) is 4.79 Å². The number of carbonyl (C=O) groups is 1. The van der Waals surface area contributed by atoms with Crippen LogP contribution in [0.15, 0.2) is 54.6 Å². The first-order valence-electron chi connectivity index (χ1n) is 8.68. The molecule has 3 rings (SSSR count). The molecule has 1 saturated heterocycles. The normalized spacial score (nSPS) is 14.6. The van der Waals surface area contributed by atoms with Gasteiger partial charge >= 0.3 is 0 Å². The molecule has 6 heteroatoms. The van der Waals surface area contributed by atoms with Crippen molar-refractivity contribution in [3.8, 4) is 0 Å². The molecule has 1 fully saturated rings. The minimum Gasteiger partial charge on any atom is -0.370 e. The highest BCUT2D eigenvalue weighted by Crippen LogP contribution is 2.28. The van der Waals surface area contributed by atoms with Crippen LogP contribution in [0, 0.1) is 0 Å². The first-order valence-corrected chi connectivity index (χ1v) is 8.68. The Morgan fingerprint density at radius 1 is 0.962 bits per heavy atom. The molecular formula is C20H27Cl2N3O. The number of anilines is 2. The van der Waals surface area contributed by atoms with Crippen LogP contribution in [0.2, 0.25) is 0 Å². The molecule has 2 aromatic rings. The Morgan fingerprint density at radius 2 is 1.58 bits per heavy atom. The van der Waals surface area contributed by atoms with E-state index in [-0.39, 0.29) is 43.2 Å². The lowest BCUT2D eigenvalue weighted by Crippen LogP contribution is -2.30. The summed E-state index contributed by atoms with van der Waals surface area (Å²) in [6.45, 7) is 2.10. The number of para-hydroxylation sites is 2. The molecule has 26 heavy (non-hydrogen) atoms. The summed E-state index contributed by atoms with van der Waals surface area (Å²) >= 11 is 0. The highest BCUT2D eigenvalue weighted by atomic mass is 35.5. The van der Waals surface area contributed by atoms with E-state index in [1.165, 1.54) is 19.3 Å². The van der Waals surface area contributed by atoms with E-state index in [1.54, 1.807) is 0 Å². The molecule has 0 aromatic heterocycles. The zero-order chi connectivity index (χ0) is 16.8. The van der Waals surface area contributed by atoms with Crippen molar-refractivity contribution in [3.63, 3.8) is 0 Å². The summed E-state index contributed by atoms with van der Waals surface area (Å²) in [5.74, 6) is -0.0455. The monoisotopic (exact) mass is 395 g/mol. The second-order valence-electron chi connectivity index (χ2n) is 6.33. The standard InChI is InChI=1S/C20H25N3O.2ClH/c21-17(16-9-3-1-4-10-16)15-20(24)22-18-11-5-6-12-19(18)23-13-7-2-8-14-23;;/h1,3-6,9-12,17H,2,7-8,13-15,21H2,(H,22,24);2*1H. The van der Waals surface area contributed by atoms with Gasteiger partial charge in [-0.15, -0.1) is 24.8 Å². The van der Waals surface area contributed by atoms with Crippen molar-refractivity contribution in [1.82, 2.24) is 0 Å². The molecular weight excluding hydrogens is 369 g/mol. The number of rotatable bonds is 5. The van der Waals surface area contributed by atoms with Crippen molar-refractivity contribution < 1.29 is 4.79 Å². The lowest BCUT2D eigenvalue weighted by atomic mass is 10.0. The molecule has 3 N–H and O–H groups in total. The van der Waals surface area contributed by atoms with Crippen molar-refractivity contribution in [3.05, 3.63) is 60.2 Å². The van der Waals surface area contributed by atoms with Gasteiger partial charge in [0.15, 0.2) is 0 Å². The Kier molecular flexibility index (Phi) is 9.49. The van der Waals surface area contributed by atoms with Crippen LogP contribution in [0.1, 0.15) is 37.3 Å². The molecule has 2 aromatic carbocycles. The Labute approximate surface area is 168 Å². The third-order valence-corrected chi connectivity index (χ3v) is 4.51. The molecule has 0 bridgehead atoms. The Balaban J connectivity index is 0.00000169. The number of hydrogen-bond acceptors (Lipinski definition) is 3. The number of carbonyl (C=O) groups excluding carboxylic acids is 1. The summed E-state index contributed by atoms with van der Waals surface area (Å²) in [5, 5.41) is 3.05. The highest BCUT2D eigenvalue weighted by molar-refractivity contribution is 5.94. The Bertz CT molecular complexity index is 676. The van der Waals surface area contributed by atoms with Crippen LogP contribution in [0.5, 0.6) is 0 Å². The lowest BCUT2D eigenvalue weighted by Gasteiger charge is -2.30. The van der Waals surface area contributed by atoms with E-state index in [2.05, 4.69) is 16.3 Å². The van der Waals surface area contributed by atoms with Crippen molar-refractivity contribution in [2.45, 2.75) is 31.7 Å². The number of hydrogen-bond donors (Lipinski definition) is 2. The van der Waals surface area contributed by atoms with Crippen LogP contribution >= 0.6 is 24.8 Å². The summed E-state index contributed by atoms with van der Waals surface area (Å²) in [6.07, 6.45) is 3.98. The average Bonchev–Trinajstić information content (AvgIpc) is 2.63. The average molecular weight is 396 g/mol. The maximum Gasteiger partial charge on any atom is 0.226 e. The second kappa shape index (κ2) is 11.1.